The standard InChI is InChI=1S/C13H25NO2/c1-9-6-7-11(8-9)14-10(2)12(15)16-13(3,4)5/h9-11,14H,6-8H2,1-5H3. The van der Waals surface area contributed by atoms with Gasteiger partial charge in [0.2, 0.25) is 0 Å². The predicted molar refractivity (Wildman–Crippen MR) is 65.2 cm³/mol. The third kappa shape index (κ3) is 4.52. The highest BCUT2D eigenvalue weighted by molar-refractivity contribution is 5.75. The summed E-state index contributed by atoms with van der Waals surface area (Å²) in [6.07, 6.45) is 3.61. The van der Waals surface area contributed by atoms with Crippen LogP contribution in [0.4, 0.5) is 0 Å². The summed E-state index contributed by atoms with van der Waals surface area (Å²) in [4.78, 5) is 11.7. The van der Waals surface area contributed by atoms with Crippen molar-refractivity contribution in [3.63, 3.8) is 0 Å². The molecule has 0 amide bonds. The van der Waals surface area contributed by atoms with Crippen LogP contribution in [0.3, 0.4) is 0 Å². The molecule has 0 heterocycles. The molecule has 1 saturated carbocycles. The number of hydrogen-bond donors (Lipinski definition) is 1. The highest BCUT2D eigenvalue weighted by atomic mass is 16.6. The Morgan fingerprint density at radius 2 is 2.00 bits per heavy atom. The molecule has 1 N–H and O–H groups in total. The fourth-order valence-electron chi connectivity index (χ4n) is 2.17. The van der Waals surface area contributed by atoms with Crippen LogP contribution in [0.25, 0.3) is 0 Å². The van der Waals surface area contributed by atoms with E-state index in [1.54, 1.807) is 0 Å². The third-order valence-corrected chi connectivity index (χ3v) is 2.94. The van der Waals surface area contributed by atoms with Crippen molar-refractivity contribution in [2.45, 2.75) is 71.6 Å². The lowest BCUT2D eigenvalue weighted by Gasteiger charge is -2.24. The Morgan fingerprint density at radius 3 is 2.44 bits per heavy atom. The van der Waals surface area contributed by atoms with E-state index in [0.717, 1.165) is 5.92 Å². The average molecular weight is 227 g/mol. The molecule has 0 radical (unpaired) electrons. The van der Waals surface area contributed by atoms with Gasteiger partial charge in [-0.2, -0.15) is 0 Å². The first-order chi connectivity index (χ1) is 7.28. The molecule has 1 fully saturated rings. The van der Waals surface area contributed by atoms with Gasteiger partial charge in [0.25, 0.3) is 0 Å². The van der Waals surface area contributed by atoms with Gasteiger partial charge in [0.15, 0.2) is 0 Å². The number of hydrogen-bond acceptors (Lipinski definition) is 3. The maximum absolute atomic E-state index is 11.7. The molecule has 0 saturated heterocycles. The molecule has 3 nitrogen and oxygen atoms in total. The van der Waals surface area contributed by atoms with Crippen molar-refractivity contribution < 1.29 is 9.53 Å². The number of esters is 1. The Labute approximate surface area is 98.9 Å². The van der Waals surface area contributed by atoms with E-state index in [1.807, 2.05) is 27.7 Å². The molecule has 3 unspecified atom stereocenters. The highest BCUT2D eigenvalue weighted by Crippen LogP contribution is 2.25. The second kappa shape index (κ2) is 5.17. The van der Waals surface area contributed by atoms with Crippen molar-refractivity contribution in [2.75, 3.05) is 0 Å². The van der Waals surface area contributed by atoms with Gasteiger partial charge >= 0.3 is 5.97 Å². The summed E-state index contributed by atoms with van der Waals surface area (Å²) in [5.41, 5.74) is -0.393. The molecule has 0 aromatic rings. The molecule has 94 valence electrons. The minimum absolute atomic E-state index is 0.146. The molecule has 3 heteroatoms. The van der Waals surface area contributed by atoms with Crippen LogP contribution in [0.15, 0.2) is 0 Å². The van der Waals surface area contributed by atoms with Crippen LogP contribution in [0.2, 0.25) is 0 Å². The van der Waals surface area contributed by atoms with E-state index in [0.29, 0.717) is 6.04 Å². The zero-order valence-electron chi connectivity index (χ0n) is 11.2. The number of carbonyl (C=O) groups is 1. The van der Waals surface area contributed by atoms with Crippen molar-refractivity contribution in [1.29, 1.82) is 0 Å². The Hall–Kier alpha value is -0.570. The van der Waals surface area contributed by atoms with E-state index in [4.69, 9.17) is 4.74 Å². The number of ether oxygens (including phenoxy) is 1. The van der Waals surface area contributed by atoms with E-state index < -0.39 is 5.60 Å². The second-order valence-corrected chi connectivity index (χ2v) is 6.04. The van der Waals surface area contributed by atoms with Gasteiger partial charge in [0, 0.05) is 6.04 Å². The minimum atomic E-state index is -0.393. The van der Waals surface area contributed by atoms with Crippen LogP contribution in [0.1, 0.15) is 53.9 Å². The van der Waals surface area contributed by atoms with Gasteiger partial charge in [-0.3, -0.25) is 4.79 Å². The molecule has 0 aromatic heterocycles. The molecule has 0 aliphatic heterocycles. The van der Waals surface area contributed by atoms with Crippen molar-refractivity contribution in [3.8, 4) is 0 Å². The van der Waals surface area contributed by atoms with E-state index in [2.05, 4.69) is 12.2 Å². The highest BCUT2D eigenvalue weighted by Gasteiger charge is 2.27. The first kappa shape index (κ1) is 13.5. The lowest BCUT2D eigenvalue weighted by Crippen LogP contribution is -2.43. The summed E-state index contributed by atoms with van der Waals surface area (Å²) in [6, 6.07) is 0.284. The molecular weight excluding hydrogens is 202 g/mol. The number of rotatable bonds is 3. The molecule has 16 heavy (non-hydrogen) atoms. The summed E-state index contributed by atoms with van der Waals surface area (Å²) in [5.74, 6) is 0.635. The summed E-state index contributed by atoms with van der Waals surface area (Å²) in [7, 11) is 0. The number of carbonyl (C=O) groups excluding carboxylic acids is 1. The van der Waals surface area contributed by atoms with Crippen LogP contribution >= 0.6 is 0 Å². The molecule has 0 bridgehead atoms. The molecule has 3 atom stereocenters. The van der Waals surface area contributed by atoms with Gasteiger partial charge in [-0.25, -0.2) is 0 Å². The van der Waals surface area contributed by atoms with Crippen LogP contribution in [0, 0.1) is 5.92 Å². The molecule has 1 aliphatic carbocycles. The maximum Gasteiger partial charge on any atom is 0.323 e. The quantitative estimate of drug-likeness (QED) is 0.753. The van der Waals surface area contributed by atoms with Crippen LogP contribution < -0.4 is 5.32 Å². The fourth-order valence-corrected chi connectivity index (χ4v) is 2.17. The zero-order valence-corrected chi connectivity index (χ0v) is 11.2. The lowest BCUT2D eigenvalue weighted by molar-refractivity contribution is -0.157. The van der Waals surface area contributed by atoms with Gasteiger partial charge in [0.05, 0.1) is 0 Å². The molecule has 0 spiro atoms. The predicted octanol–water partition coefficient (Wildman–Crippen LogP) is 2.49. The minimum Gasteiger partial charge on any atom is -0.459 e. The van der Waals surface area contributed by atoms with Crippen molar-refractivity contribution >= 4 is 5.97 Å². The molecule has 1 aliphatic rings. The first-order valence-corrected chi connectivity index (χ1v) is 6.27. The van der Waals surface area contributed by atoms with Crippen molar-refractivity contribution in [3.05, 3.63) is 0 Å². The van der Waals surface area contributed by atoms with Crippen LogP contribution in [-0.2, 0) is 9.53 Å². The average Bonchev–Trinajstić information content (AvgIpc) is 2.48. The summed E-state index contributed by atoms with van der Waals surface area (Å²) >= 11 is 0. The Kier molecular flexibility index (Phi) is 4.36. The van der Waals surface area contributed by atoms with E-state index in [9.17, 15) is 4.79 Å². The van der Waals surface area contributed by atoms with Crippen LogP contribution in [0.5, 0.6) is 0 Å². The monoisotopic (exact) mass is 227 g/mol. The van der Waals surface area contributed by atoms with Gasteiger partial charge in [-0.1, -0.05) is 6.92 Å². The smallest absolute Gasteiger partial charge is 0.323 e. The Bertz CT molecular complexity index is 245. The van der Waals surface area contributed by atoms with E-state index in [-0.39, 0.29) is 12.0 Å². The summed E-state index contributed by atoms with van der Waals surface area (Å²) in [5, 5.41) is 3.36. The molecule has 1 rings (SSSR count). The summed E-state index contributed by atoms with van der Waals surface area (Å²) in [6.45, 7) is 9.84. The second-order valence-electron chi connectivity index (χ2n) is 6.04. The first-order valence-electron chi connectivity index (χ1n) is 6.27. The van der Waals surface area contributed by atoms with E-state index >= 15 is 0 Å². The Morgan fingerprint density at radius 1 is 1.38 bits per heavy atom. The Balaban J connectivity index is 2.34. The third-order valence-electron chi connectivity index (χ3n) is 2.94. The van der Waals surface area contributed by atoms with Gasteiger partial charge in [0.1, 0.15) is 11.6 Å². The normalized spacial score (nSPS) is 27.8. The van der Waals surface area contributed by atoms with Gasteiger partial charge in [-0.05, 0) is 52.9 Å². The van der Waals surface area contributed by atoms with Crippen LogP contribution in [-0.4, -0.2) is 23.7 Å². The zero-order chi connectivity index (χ0) is 12.3. The van der Waals surface area contributed by atoms with Crippen molar-refractivity contribution in [1.82, 2.24) is 5.32 Å². The fraction of sp³-hybridized carbons (Fsp3) is 0.923. The van der Waals surface area contributed by atoms with Gasteiger partial charge < -0.3 is 10.1 Å². The number of nitrogens with one attached hydrogen (secondary N) is 1. The van der Waals surface area contributed by atoms with Gasteiger partial charge in [-0.15, -0.1) is 0 Å². The molecular formula is C13H25NO2. The SMILES string of the molecule is CC1CCC(NC(C)C(=O)OC(C)(C)C)C1. The topological polar surface area (TPSA) is 38.3 Å². The molecule has 0 aromatic carbocycles. The lowest BCUT2D eigenvalue weighted by atomic mass is 10.1. The summed E-state index contributed by atoms with van der Waals surface area (Å²) < 4.78 is 5.34. The van der Waals surface area contributed by atoms with E-state index in [1.165, 1.54) is 19.3 Å². The maximum atomic E-state index is 11.7. The largest absolute Gasteiger partial charge is 0.459 e. The van der Waals surface area contributed by atoms with Crippen molar-refractivity contribution in [2.24, 2.45) is 5.92 Å².